The van der Waals surface area contributed by atoms with Crippen LogP contribution in [0.4, 0.5) is 0 Å². The molecule has 0 aliphatic heterocycles. The number of rotatable bonds is 11. The minimum absolute atomic E-state index is 0.129. The van der Waals surface area contributed by atoms with E-state index in [4.69, 9.17) is 0 Å². The maximum absolute atomic E-state index is 13.7. The molecule has 0 bridgehead atoms. The van der Waals surface area contributed by atoms with E-state index in [-0.39, 0.29) is 17.1 Å². The number of fused-ring (bicyclic) bond motifs is 1. The molecule has 37 heavy (non-hydrogen) atoms. The first-order valence-corrected chi connectivity index (χ1v) is 14.6. The highest BCUT2D eigenvalue weighted by molar-refractivity contribution is 6.00. The first-order chi connectivity index (χ1) is 17.2. The van der Waals surface area contributed by atoms with Crippen LogP contribution in [0.15, 0.2) is 35.4 Å². The van der Waals surface area contributed by atoms with Crippen molar-refractivity contribution in [3.05, 3.63) is 46.5 Å². The van der Waals surface area contributed by atoms with Gasteiger partial charge in [-0.2, -0.15) is 0 Å². The Morgan fingerprint density at radius 2 is 1.62 bits per heavy atom. The Morgan fingerprint density at radius 3 is 2.14 bits per heavy atom. The molecule has 1 fully saturated rings. The third-order valence-corrected chi connectivity index (χ3v) is 9.76. The lowest BCUT2D eigenvalue weighted by Crippen LogP contribution is -2.53. The highest BCUT2D eigenvalue weighted by Crippen LogP contribution is 2.64. The van der Waals surface area contributed by atoms with Crippen LogP contribution in [0.25, 0.3) is 0 Å². The number of likely N-dealkylation sites (N-methyl/N-ethyl adjacent to an activating group) is 1. The van der Waals surface area contributed by atoms with Crippen LogP contribution < -0.4 is 0 Å². The third-order valence-electron chi connectivity index (χ3n) is 9.76. The van der Waals surface area contributed by atoms with Crippen molar-refractivity contribution in [1.82, 2.24) is 9.80 Å². The Kier molecular flexibility index (Phi) is 9.52. The summed E-state index contributed by atoms with van der Waals surface area (Å²) in [4.78, 5) is 18.3. The molecule has 2 aliphatic rings. The van der Waals surface area contributed by atoms with E-state index in [1.807, 2.05) is 0 Å². The molecule has 3 rings (SSSR count). The lowest BCUT2D eigenvalue weighted by molar-refractivity contribution is -0.119. The maximum Gasteiger partial charge on any atom is 0.160 e. The minimum Gasteiger partial charge on any atom is -0.391 e. The van der Waals surface area contributed by atoms with Gasteiger partial charge in [-0.05, 0) is 74.1 Å². The summed E-state index contributed by atoms with van der Waals surface area (Å²) in [5.41, 5.74) is 4.57. The number of aliphatic hydroxyl groups is 1. The summed E-state index contributed by atoms with van der Waals surface area (Å²) in [6.45, 7) is 21.4. The average Bonchev–Trinajstić information content (AvgIpc) is 3.11. The van der Waals surface area contributed by atoms with Gasteiger partial charge in [0, 0.05) is 38.0 Å². The Morgan fingerprint density at radius 1 is 1.00 bits per heavy atom. The molecule has 208 valence electrons. The monoisotopic (exact) mass is 510 g/mol. The molecule has 1 aromatic rings. The van der Waals surface area contributed by atoms with Crippen LogP contribution in [0.5, 0.6) is 0 Å². The summed E-state index contributed by atoms with van der Waals surface area (Å²) in [7, 11) is 4.21. The van der Waals surface area contributed by atoms with Gasteiger partial charge in [0.05, 0.1) is 6.10 Å². The molecule has 0 saturated heterocycles. The van der Waals surface area contributed by atoms with Gasteiger partial charge >= 0.3 is 0 Å². The normalized spacial score (nSPS) is 27.4. The van der Waals surface area contributed by atoms with E-state index in [2.05, 4.69) is 104 Å². The highest BCUT2D eigenvalue weighted by atomic mass is 16.3. The van der Waals surface area contributed by atoms with Crippen LogP contribution in [0.3, 0.4) is 0 Å². The van der Waals surface area contributed by atoms with Crippen molar-refractivity contribution in [3.63, 3.8) is 0 Å². The number of aliphatic hydroxyl groups excluding tert-OH is 1. The molecular weight excluding hydrogens is 456 g/mol. The third kappa shape index (κ3) is 6.07. The number of ketones is 1. The molecular formula is C33H54N2O2. The summed E-state index contributed by atoms with van der Waals surface area (Å²) in [6, 6.07) is 8.74. The molecule has 1 aromatic carbocycles. The van der Waals surface area contributed by atoms with E-state index in [0.29, 0.717) is 30.7 Å². The van der Waals surface area contributed by atoms with Gasteiger partial charge in [-0.15, -0.1) is 0 Å². The standard InChI is InChI=1S/C33H54N2O2/c1-22(2)29-27(36)19-33(16-15-32(8,24(5)6)30(23(3)4)31(29)33)28(37)21-35(18-17-34(9)10)20-26-13-11-25(7)12-14-26/h11-14,22-24,28,30,37H,15-21H2,1-10H3/t28-,30+,32-,33-/m0/s1. The topological polar surface area (TPSA) is 43.8 Å². The number of hydrogen-bond acceptors (Lipinski definition) is 4. The second kappa shape index (κ2) is 11.7. The summed E-state index contributed by atoms with van der Waals surface area (Å²) < 4.78 is 0. The molecule has 1 saturated carbocycles. The van der Waals surface area contributed by atoms with Crippen LogP contribution in [-0.2, 0) is 11.3 Å². The van der Waals surface area contributed by atoms with E-state index in [1.54, 1.807) is 0 Å². The first-order valence-electron chi connectivity index (χ1n) is 14.6. The van der Waals surface area contributed by atoms with E-state index < -0.39 is 11.5 Å². The van der Waals surface area contributed by atoms with Crippen LogP contribution >= 0.6 is 0 Å². The summed E-state index contributed by atoms with van der Waals surface area (Å²) >= 11 is 0. The van der Waals surface area contributed by atoms with Crippen LogP contribution in [0.2, 0.25) is 0 Å². The highest BCUT2D eigenvalue weighted by Gasteiger charge is 2.60. The van der Waals surface area contributed by atoms with Gasteiger partial charge in [-0.25, -0.2) is 0 Å². The Hall–Kier alpha value is -1.49. The van der Waals surface area contributed by atoms with Crippen molar-refractivity contribution in [2.24, 2.45) is 34.5 Å². The predicted octanol–water partition coefficient (Wildman–Crippen LogP) is 6.36. The number of benzene rings is 1. The van der Waals surface area contributed by atoms with E-state index in [9.17, 15) is 9.90 Å². The number of nitrogens with zero attached hydrogens (tertiary/aromatic N) is 2. The van der Waals surface area contributed by atoms with Gasteiger partial charge < -0.3 is 10.0 Å². The lowest BCUT2D eigenvalue weighted by atomic mass is 9.49. The van der Waals surface area contributed by atoms with Gasteiger partial charge in [0.1, 0.15) is 0 Å². The predicted molar refractivity (Wildman–Crippen MR) is 155 cm³/mol. The second-order valence-electron chi connectivity index (χ2n) is 13.7. The smallest absolute Gasteiger partial charge is 0.160 e. The van der Waals surface area contributed by atoms with Gasteiger partial charge in [-0.1, -0.05) is 83.9 Å². The SMILES string of the molecule is Cc1ccc(CN(CCN(C)C)C[C@H](O)[C@@]23CC[C@@](C)(C(C)C)[C@H](C(C)C)C2=C(C(C)C)C(=O)C3)cc1. The Balaban J connectivity index is 2.02. The van der Waals surface area contributed by atoms with Crippen molar-refractivity contribution in [3.8, 4) is 0 Å². The van der Waals surface area contributed by atoms with Crippen LogP contribution in [0.1, 0.15) is 78.9 Å². The van der Waals surface area contributed by atoms with E-state index >= 15 is 0 Å². The number of allylic oxidation sites excluding steroid dienone is 1. The fraction of sp³-hybridized carbons (Fsp3) is 0.727. The second-order valence-corrected chi connectivity index (χ2v) is 13.7. The lowest BCUT2D eigenvalue weighted by Gasteiger charge is -2.56. The zero-order valence-corrected chi connectivity index (χ0v) is 25.4. The quantitative estimate of drug-likeness (QED) is 0.376. The fourth-order valence-corrected chi connectivity index (χ4v) is 7.36. The maximum atomic E-state index is 13.7. The molecule has 2 aliphatic carbocycles. The van der Waals surface area contributed by atoms with Crippen molar-refractivity contribution in [2.75, 3.05) is 33.7 Å². The molecule has 0 unspecified atom stereocenters. The van der Waals surface area contributed by atoms with Crippen molar-refractivity contribution in [2.45, 2.75) is 87.3 Å². The molecule has 0 aromatic heterocycles. The summed E-state index contributed by atoms with van der Waals surface area (Å²) in [6.07, 6.45) is 1.87. The molecule has 0 heterocycles. The molecule has 4 atom stereocenters. The number of hydrogen-bond donors (Lipinski definition) is 1. The van der Waals surface area contributed by atoms with Gasteiger partial charge in [0.15, 0.2) is 5.78 Å². The van der Waals surface area contributed by atoms with Crippen molar-refractivity contribution in [1.29, 1.82) is 0 Å². The van der Waals surface area contributed by atoms with Gasteiger partial charge in [0.2, 0.25) is 0 Å². The number of Topliss-reactive ketones (excluding diaryl/α,β-unsaturated/α-hetero) is 1. The van der Waals surface area contributed by atoms with Crippen LogP contribution in [0, 0.1) is 41.4 Å². The molecule has 4 heteroatoms. The molecule has 1 N–H and O–H groups in total. The molecule has 0 spiro atoms. The molecule has 0 amide bonds. The zero-order valence-electron chi connectivity index (χ0n) is 25.4. The van der Waals surface area contributed by atoms with Crippen molar-refractivity contribution >= 4 is 5.78 Å². The number of carbonyl (C=O) groups is 1. The van der Waals surface area contributed by atoms with Crippen molar-refractivity contribution < 1.29 is 9.90 Å². The van der Waals surface area contributed by atoms with E-state index in [0.717, 1.165) is 38.0 Å². The average molecular weight is 511 g/mol. The summed E-state index contributed by atoms with van der Waals surface area (Å²) in [5, 5.41) is 12.2. The minimum atomic E-state index is -0.562. The summed E-state index contributed by atoms with van der Waals surface area (Å²) in [5.74, 6) is 1.72. The molecule has 4 nitrogen and oxygen atoms in total. The first kappa shape index (κ1) is 30.1. The number of carbonyl (C=O) groups excluding carboxylic acids is 1. The van der Waals surface area contributed by atoms with E-state index in [1.165, 1.54) is 16.7 Å². The van der Waals surface area contributed by atoms with Gasteiger partial charge in [0.25, 0.3) is 0 Å². The fourth-order valence-electron chi connectivity index (χ4n) is 7.36. The largest absolute Gasteiger partial charge is 0.391 e. The van der Waals surface area contributed by atoms with Crippen LogP contribution in [-0.4, -0.2) is 60.5 Å². The Bertz CT molecular complexity index is 961. The molecule has 0 radical (unpaired) electrons. The van der Waals surface area contributed by atoms with Gasteiger partial charge in [-0.3, -0.25) is 9.69 Å². The Labute approximate surface area is 227 Å². The number of aryl methyl sites for hydroxylation is 1. The zero-order chi connectivity index (χ0) is 27.7.